The monoisotopic (exact) mass is 393 g/mol. The number of aryl methyl sites for hydroxylation is 1. The molecule has 0 spiro atoms. The second-order valence-electron chi connectivity index (χ2n) is 7.68. The van der Waals surface area contributed by atoms with Gasteiger partial charge in [-0.1, -0.05) is 12.8 Å². The van der Waals surface area contributed by atoms with Crippen LogP contribution in [0.1, 0.15) is 38.5 Å². The molecule has 0 bridgehead atoms. The molecule has 27 heavy (non-hydrogen) atoms. The number of oxazole rings is 1. The molecular weight excluding hydrogens is 366 g/mol. The Balaban J connectivity index is 1.63. The van der Waals surface area contributed by atoms with Gasteiger partial charge in [0.15, 0.2) is 5.58 Å². The minimum atomic E-state index is -3.62. The van der Waals surface area contributed by atoms with Crippen LogP contribution in [0.5, 0.6) is 0 Å². The second kappa shape index (κ2) is 7.41. The lowest BCUT2D eigenvalue weighted by atomic mass is 10.0. The van der Waals surface area contributed by atoms with E-state index in [0.717, 1.165) is 38.9 Å². The highest BCUT2D eigenvalue weighted by Crippen LogP contribution is 2.28. The zero-order valence-corrected chi connectivity index (χ0v) is 16.6. The molecule has 0 aliphatic carbocycles. The van der Waals surface area contributed by atoms with E-state index < -0.39 is 15.8 Å². The molecule has 7 nitrogen and oxygen atoms in total. The molecule has 3 heterocycles. The molecule has 2 aliphatic rings. The van der Waals surface area contributed by atoms with Gasteiger partial charge in [-0.2, -0.15) is 4.31 Å². The van der Waals surface area contributed by atoms with Gasteiger partial charge in [0.1, 0.15) is 0 Å². The van der Waals surface area contributed by atoms with Crippen LogP contribution < -0.4 is 5.76 Å². The summed E-state index contributed by atoms with van der Waals surface area (Å²) in [5.41, 5.74) is 0.913. The van der Waals surface area contributed by atoms with Gasteiger partial charge in [-0.05, 0) is 50.9 Å². The maximum absolute atomic E-state index is 13.4. The largest absolute Gasteiger partial charge is 0.419 e. The molecule has 1 atom stereocenters. The zero-order valence-electron chi connectivity index (χ0n) is 15.8. The van der Waals surface area contributed by atoms with Crippen LogP contribution in [-0.4, -0.2) is 54.4 Å². The number of sulfonamides is 1. The summed E-state index contributed by atoms with van der Waals surface area (Å²) < 4.78 is 35.0. The van der Waals surface area contributed by atoms with Gasteiger partial charge in [-0.3, -0.25) is 4.57 Å². The van der Waals surface area contributed by atoms with Crippen LogP contribution in [0, 0.1) is 0 Å². The van der Waals surface area contributed by atoms with E-state index in [-0.39, 0.29) is 10.9 Å². The highest BCUT2D eigenvalue weighted by molar-refractivity contribution is 7.89. The van der Waals surface area contributed by atoms with Crippen molar-refractivity contribution in [3.63, 3.8) is 0 Å². The number of fused-ring (bicyclic) bond motifs is 1. The number of benzene rings is 1. The summed E-state index contributed by atoms with van der Waals surface area (Å²) in [6.07, 6.45) is 6.52. The predicted octanol–water partition coefficient (Wildman–Crippen LogP) is 2.16. The summed E-state index contributed by atoms with van der Waals surface area (Å²) in [5, 5.41) is 0. The minimum absolute atomic E-state index is 0.0142. The second-order valence-corrected chi connectivity index (χ2v) is 9.57. The number of hydrogen-bond acceptors (Lipinski definition) is 5. The van der Waals surface area contributed by atoms with Crippen LogP contribution in [0.4, 0.5) is 0 Å². The number of aromatic nitrogens is 1. The molecule has 2 aromatic rings. The van der Waals surface area contributed by atoms with Gasteiger partial charge in [0.25, 0.3) is 0 Å². The van der Waals surface area contributed by atoms with Crippen molar-refractivity contribution in [1.82, 2.24) is 13.8 Å². The maximum atomic E-state index is 13.4. The summed E-state index contributed by atoms with van der Waals surface area (Å²) in [5.74, 6) is -0.486. The lowest BCUT2D eigenvalue weighted by Crippen LogP contribution is -2.50. The Bertz CT molecular complexity index is 972. The van der Waals surface area contributed by atoms with E-state index in [4.69, 9.17) is 4.42 Å². The van der Waals surface area contributed by atoms with Crippen molar-refractivity contribution in [1.29, 1.82) is 0 Å². The van der Waals surface area contributed by atoms with Crippen LogP contribution >= 0.6 is 0 Å². The van der Waals surface area contributed by atoms with E-state index in [0.29, 0.717) is 17.6 Å². The van der Waals surface area contributed by atoms with Gasteiger partial charge in [0, 0.05) is 32.2 Å². The third kappa shape index (κ3) is 3.58. The number of rotatable bonds is 4. The van der Waals surface area contributed by atoms with Crippen LogP contribution in [0.2, 0.25) is 0 Å². The Morgan fingerprint density at radius 3 is 2.59 bits per heavy atom. The maximum Gasteiger partial charge on any atom is 0.419 e. The van der Waals surface area contributed by atoms with Crippen LogP contribution in [0.15, 0.2) is 32.3 Å². The SMILES string of the molecule is Cn1c(=O)oc2cc(S(=O)(=O)N3CCCCC3CN3CCCCC3)ccc21. The Morgan fingerprint density at radius 2 is 1.81 bits per heavy atom. The molecule has 0 amide bonds. The minimum Gasteiger partial charge on any atom is -0.408 e. The lowest BCUT2D eigenvalue weighted by Gasteiger charge is -2.38. The van der Waals surface area contributed by atoms with Crippen LogP contribution in [0.3, 0.4) is 0 Å². The standard InChI is InChI=1S/C19H27N3O4S/c1-20-17-9-8-16(13-18(17)26-19(20)23)27(24,25)22-12-6-3-7-15(22)14-21-10-4-2-5-11-21/h8-9,13,15H,2-7,10-12,14H2,1H3. The quantitative estimate of drug-likeness (QED) is 0.796. The van der Waals surface area contributed by atoms with E-state index in [1.807, 2.05) is 0 Å². The smallest absolute Gasteiger partial charge is 0.408 e. The molecular formula is C19H27N3O4S. The van der Waals surface area contributed by atoms with Gasteiger partial charge in [0.2, 0.25) is 10.0 Å². The van der Waals surface area contributed by atoms with Gasteiger partial charge in [-0.15, -0.1) is 0 Å². The van der Waals surface area contributed by atoms with Crippen molar-refractivity contribution >= 4 is 21.1 Å². The molecule has 1 unspecified atom stereocenters. The van der Waals surface area contributed by atoms with Gasteiger partial charge >= 0.3 is 5.76 Å². The lowest BCUT2D eigenvalue weighted by molar-refractivity contribution is 0.150. The highest BCUT2D eigenvalue weighted by atomic mass is 32.2. The van der Waals surface area contributed by atoms with Crippen molar-refractivity contribution in [2.45, 2.75) is 49.5 Å². The molecule has 0 N–H and O–H groups in total. The Morgan fingerprint density at radius 1 is 1.07 bits per heavy atom. The van der Waals surface area contributed by atoms with Crippen molar-refractivity contribution in [3.8, 4) is 0 Å². The van der Waals surface area contributed by atoms with Gasteiger partial charge in [-0.25, -0.2) is 13.2 Å². The van der Waals surface area contributed by atoms with Crippen molar-refractivity contribution in [2.24, 2.45) is 7.05 Å². The molecule has 0 radical (unpaired) electrons. The Kier molecular flexibility index (Phi) is 5.13. The van der Waals surface area contributed by atoms with E-state index >= 15 is 0 Å². The fraction of sp³-hybridized carbons (Fsp3) is 0.632. The van der Waals surface area contributed by atoms with Gasteiger partial charge in [0.05, 0.1) is 10.4 Å². The van der Waals surface area contributed by atoms with Gasteiger partial charge < -0.3 is 9.32 Å². The van der Waals surface area contributed by atoms with E-state index in [1.54, 1.807) is 23.5 Å². The number of nitrogens with zero attached hydrogens (tertiary/aromatic N) is 3. The Labute approximate surface area is 159 Å². The van der Waals surface area contributed by atoms with Crippen LogP contribution in [-0.2, 0) is 17.1 Å². The third-order valence-corrected chi connectivity index (χ3v) is 7.81. The van der Waals surface area contributed by atoms with Crippen molar-refractivity contribution < 1.29 is 12.8 Å². The molecule has 4 rings (SSSR count). The number of likely N-dealkylation sites (tertiary alicyclic amines) is 1. The topological polar surface area (TPSA) is 75.8 Å². The molecule has 1 aromatic heterocycles. The highest BCUT2D eigenvalue weighted by Gasteiger charge is 2.35. The van der Waals surface area contributed by atoms with E-state index in [2.05, 4.69) is 4.90 Å². The summed E-state index contributed by atoms with van der Waals surface area (Å²) in [6, 6.07) is 4.73. The summed E-state index contributed by atoms with van der Waals surface area (Å²) in [6.45, 7) is 3.48. The summed E-state index contributed by atoms with van der Waals surface area (Å²) >= 11 is 0. The van der Waals surface area contributed by atoms with Crippen LogP contribution in [0.25, 0.3) is 11.1 Å². The first-order valence-corrected chi connectivity index (χ1v) is 11.2. The number of piperidine rings is 2. The fourth-order valence-electron chi connectivity index (χ4n) is 4.32. The molecule has 2 saturated heterocycles. The molecule has 8 heteroatoms. The van der Waals surface area contributed by atoms with E-state index in [1.165, 1.54) is 29.9 Å². The summed E-state index contributed by atoms with van der Waals surface area (Å²) in [4.78, 5) is 14.3. The third-order valence-electron chi connectivity index (χ3n) is 5.86. The Hall–Kier alpha value is -1.64. The summed E-state index contributed by atoms with van der Waals surface area (Å²) in [7, 11) is -2.01. The molecule has 2 aliphatic heterocycles. The molecule has 148 valence electrons. The first-order chi connectivity index (χ1) is 13.0. The zero-order chi connectivity index (χ0) is 19.0. The first-order valence-electron chi connectivity index (χ1n) is 9.80. The normalized spacial score (nSPS) is 23.1. The first kappa shape index (κ1) is 18.7. The molecule has 2 fully saturated rings. The number of hydrogen-bond donors (Lipinski definition) is 0. The molecule has 0 saturated carbocycles. The fourth-order valence-corrected chi connectivity index (χ4v) is 6.02. The predicted molar refractivity (Wildman–Crippen MR) is 103 cm³/mol. The van der Waals surface area contributed by atoms with E-state index in [9.17, 15) is 13.2 Å². The average molecular weight is 394 g/mol. The molecule has 1 aromatic carbocycles. The van der Waals surface area contributed by atoms with Crippen molar-refractivity contribution in [2.75, 3.05) is 26.2 Å². The average Bonchev–Trinajstić information content (AvgIpc) is 2.96. The van der Waals surface area contributed by atoms with Crippen molar-refractivity contribution in [3.05, 3.63) is 28.7 Å².